The first-order valence-electron chi connectivity index (χ1n) is 11.4. The molecule has 0 saturated heterocycles. The molecular weight excluding hydrogens is 437 g/mol. The number of hydrogen-bond acceptors (Lipinski definition) is 6. The minimum atomic E-state index is -1.26. The maximum absolute atomic E-state index is 14.5. The van der Waals surface area contributed by atoms with Crippen LogP contribution in [0.25, 0.3) is 17.2 Å². The van der Waals surface area contributed by atoms with E-state index in [4.69, 9.17) is 0 Å². The monoisotopic (exact) mass is 459 g/mol. The first kappa shape index (κ1) is 20.6. The molecule has 1 atom stereocenters. The Morgan fingerprint density at radius 1 is 1.24 bits per heavy atom. The van der Waals surface area contributed by atoms with Crippen LogP contribution in [0.1, 0.15) is 48.6 Å². The fraction of sp³-hybridized carbons (Fsp3) is 0.333. The number of nitrogens with zero attached hydrogens (tertiary/aromatic N) is 5. The number of anilines is 1. The molecule has 172 valence electrons. The second-order valence-corrected chi connectivity index (χ2v) is 8.99. The Morgan fingerprint density at radius 2 is 2.06 bits per heavy atom. The molecule has 3 aromatic heterocycles. The highest BCUT2D eigenvalue weighted by atomic mass is 19.1. The molecular formula is C24H22FN7O2. The van der Waals surface area contributed by atoms with Crippen LogP contribution in [0.4, 0.5) is 10.2 Å². The summed E-state index contributed by atoms with van der Waals surface area (Å²) in [6, 6.07) is 4.74. The molecule has 10 heteroatoms. The molecule has 1 fully saturated rings. The number of aryl methyl sites for hydroxylation is 2. The van der Waals surface area contributed by atoms with Gasteiger partial charge in [-0.05, 0) is 49.3 Å². The number of nitrogens with one attached hydrogen (secondary N) is 2. The molecule has 1 unspecified atom stereocenters. The third-order valence-electron chi connectivity index (χ3n) is 6.78. The lowest BCUT2D eigenvalue weighted by molar-refractivity contribution is -0.120. The van der Waals surface area contributed by atoms with Gasteiger partial charge in [0.05, 0.1) is 17.5 Å². The van der Waals surface area contributed by atoms with Gasteiger partial charge in [-0.2, -0.15) is 5.10 Å². The van der Waals surface area contributed by atoms with Crippen molar-refractivity contribution in [3.05, 3.63) is 69.3 Å². The van der Waals surface area contributed by atoms with Crippen molar-refractivity contribution in [3.8, 4) is 11.5 Å². The van der Waals surface area contributed by atoms with Gasteiger partial charge in [0.1, 0.15) is 29.1 Å². The molecule has 1 aromatic carbocycles. The summed E-state index contributed by atoms with van der Waals surface area (Å²) in [4.78, 5) is 43.3. The van der Waals surface area contributed by atoms with E-state index in [9.17, 15) is 14.0 Å². The lowest BCUT2D eigenvalue weighted by Gasteiger charge is -2.27. The molecule has 1 saturated carbocycles. The lowest BCUT2D eigenvalue weighted by Crippen LogP contribution is -2.41. The van der Waals surface area contributed by atoms with Crippen molar-refractivity contribution in [2.75, 3.05) is 5.32 Å². The number of amides is 1. The van der Waals surface area contributed by atoms with Crippen molar-refractivity contribution in [1.29, 1.82) is 0 Å². The van der Waals surface area contributed by atoms with Gasteiger partial charge >= 0.3 is 0 Å². The number of carbonyl (C=O) groups excluding carboxylic acids is 1. The van der Waals surface area contributed by atoms with Crippen LogP contribution in [-0.4, -0.2) is 35.5 Å². The van der Waals surface area contributed by atoms with Crippen molar-refractivity contribution >= 4 is 17.4 Å². The predicted molar refractivity (Wildman–Crippen MR) is 122 cm³/mol. The van der Waals surface area contributed by atoms with Crippen molar-refractivity contribution in [2.45, 2.75) is 44.9 Å². The highest BCUT2D eigenvalue weighted by molar-refractivity contribution is 6.08. The molecule has 0 radical (unpaired) electrons. The molecule has 4 aromatic rings. The zero-order valence-electron chi connectivity index (χ0n) is 18.7. The summed E-state index contributed by atoms with van der Waals surface area (Å²) in [5.74, 6) is -0.441. The molecule has 1 aliphatic carbocycles. The van der Waals surface area contributed by atoms with E-state index in [-0.39, 0.29) is 29.0 Å². The molecule has 1 amide bonds. The Balaban J connectivity index is 1.54. The molecule has 1 aliphatic heterocycles. The molecule has 34 heavy (non-hydrogen) atoms. The van der Waals surface area contributed by atoms with E-state index >= 15 is 0 Å². The first-order chi connectivity index (χ1) is 16.4. The third-order valence-corrected chi connectivity index (χ3v) is 6.78. The lowest BCUT2D eigenvalue weighted by atomic mass is 9.72. The minimum Gasteiger partial charge on any atom is -0.309 e. The van der Waals surface area contributed by atoms with Gasteiger partial charge in [0.25, 0.3) is 5.56 Å². The van der Waals surface area contributed by atoms with Crippen LogP contribution in [0.5, 0.6) is 0 Å². The average molecular weight is 459 g/mol. The summed E-state index contributed by atoms with van der Waals surface area (Å²) >= 11 is 0. The standard InChI is InChI=1S/C24H22FN7O2/c1-3-4-16-21-26-11-27-32(21)10-17(28-16)19-29-20-18(22(33)30-19)24(13-7-8-13,23(34)31-20)14-6-5-12(2)15(25)9-14/h5-6,9-11,13H,3-4,7-8H2,1-2H3,(H2,29,30,31,33,34). The van der Waals surface area contributed by atoms with E-state index in [1.54, 1.807) is 29.8 Å². The number of aromatic nitrogens is 6. The third kappa shape index (κ3) is 2.84. The van der Waals surface area contributed by atoms with Gasteiger partial charge in [0.15, 0.2) is 11.5 Å². The Morgan fingerprint density at radius 3 is 2.79 bits per heavy atom. The van der Waals surface area contributed by atoms with Gasteiger partial charge < -0.3 is 10.3 Å². The summed E-state index contributed by atoms with van der Waals surface area (Å²) in [5.41, 5.74) is 1.30. The zero-order valence-corrected chi connectivity index (χ0v) is 18.7. The van der Waals surface area contributed by atoms with Crippen LogP contribution >= 0.6 is 0 Å². The van der Waals surface area contributed by atoms with Crippen LogP contribution in [-0.2, 0) is 16.6 Å². The molecule has 6 rings (SSSR count). The smallest absolute Gasteiger partial charge is 0.258 e. The largest absolute Gasteiger partial charge is 0.309 e. The van der Waals surface area contributed by atoms with Crippen LogP contribution < -0.4 is 10.9 Å². The highest BCUT2D eigenvalue weighted by Crippen LogP contribution is 2.55. The number of halogens is 1. The Hall–Kier alpha value is -3.95. The predicted octanol–water partition coefficient (Wildman–Crippen LogP) is 2.92. The second kappa shape index (κ2) is 7.28. The van der Waals surface area contributed by atoms with Gasteiger partial charge in [-0.1, -0.05) is 25.5 Å². The maximum atomic E-state index is 14.5. The fourth-order valence-corrected chi connectivity index (χ4v) is 5.04. The number of rotatable bonds is 5. The fourth-order valence-electron chi connectivity index (χ4n) is 5.04. The molecule has 0 bridgehead atoms. The van der Waals surface area contributed by atoms with Crippen LogP contribution in [0.15, 0.2) is 35.5 Å². The van der Waals surface area contributed by atoms with E-state index in [0.29, 0.717) is 28.9 Å². The number of carbonyl (C=O) groups is 1. The summed E-state index contributed by atoms with van der Waals surface area (Å²) in [6.07, 6.45) is 6.19. The normalized spacial score (nSPS) is 19.4. The quantitative estimate of drug-likeness (QED) is 0.474. The average Bonchev–Trinajstić information content (AvgIpc) is 3.46. The highest BCUT2D eigenvalue weighted by Gasteiger charge is 2.59. The van der Waals surface area contributed by atoms with E-state index in [1.165, 1.54) is 12.4 Å². The molecule has 2 aliphatic rings. The molecule has 9 nitrogen and oxygen atoms in total. The van der Waals surface area contributed by atoms with Crippen molar-refractivity contribution in [3.63, 3.8) is 0 Å². The maximum Gasteiger partial charge on any atom is 0.258 e. The van der Waals surface area contributed by atoms with E-state index in [2.05, 4.69) is 30.4 Å². The van der Waals surface area contributed by atoms with Crippen molar-refractivity contribution in [2.24, 2.45) is 5.92 Å². The molecule has 0 spiro atoms. The zero-order chi connectivity index (χ0) is 23.6. The first-order valence-corrected chi connectivity index (χ1v) is 11.4. The van der Waals surface area contributed by atoms with Gasteiger partial charge in [-0.15, -0.1) is 0 Å². The summed E-state index contributed by atoms with van der Waals surface area (Å²) in [5, 5.41) is 7.01. The molecule has 4 heterocycles. The number of H-pyrrole nitrogens is 1. The second-order valence-electron chi connectivity index (χ2n) is 8.99. The number of hydrogen-bond donors (Lipinski definition) is 2. The summed E-state index contributed by atoms with van der Waals surface area (Å²) in [7, 11) is 0. The number of aromatic amines is 1. The van der Waals surface area contributed by atoms with E-state index < -0.39 is 16.8 Å². The van der Waals surface area contributed by atoms with E-state index in [1.807, 2.05) is 6.92 Å². The SMILES string of the molecule is CCCc1nc(-c2nc3c(c(=O)[nH]2)C(c2ccc(C)c(F)c2)(C2CC2)C(=O)N3)cn2ncnc12. The van der Waals surface area contributed by atoms with Gasteiger partial charge in [-0.3, -0.25) is 9.59 Å². The summed E-state index contributed by atoms with van der Waals surface area (Å²) < 4.78 is 16.1. The Labute approximate surface area is 193 Å². The van der Waals surface area contributed by atoms with E-state index in [0.717, 1.165) is 25.0 Å². The summed E-state index contributed by atoms with van der Waals surface area (Å²) in [6.45, 7) is 3.70. The topological polar surface area (TPSA) is 118 Å². The van der Waals surface area contributed by atoms with Gasteiger partial charge in [0.2, 0.25) is 5.91 Å². The van der Waals surface area contributed by atoms with Gasteiger partial charge in [-0.25, -0.2) is 23.9 Å². The molecule has 2 N–H and O–H groups in total. The van der Waals surface area contributed by atoms with Crippen molar-refractivity contribution in [1.82, 2.24) is 29.5 Å². The van der Waals surface area contributed by atoms with Crippen LogP contribution in [0.2, 0.25) is 0 Å². The van der Waals surface area contributed by atoms with Gasteiger partial charge in [0, 0.05) is 0 Å². The number of benzene rings is 1. The minimum absolute atomic E-state index is 0.0922. The van der Waals surface area contributed by atoms with Crippen LogP contribution in [0, 0.1) is 18.7 Å². The van der Waals surface area contributed by atoms with Crippen molar-refractivity contribution < 1.29 is 9.18 Å². The Bertz CT molecular complexity index is 1540. The Kier molecular flexibility index (Phi) is 4.42. The number of fused-ring (bicyclic) bond motifs is 2. The van der Waals surface area contributed by atoms with Crippen LogP contribution in [0.3, 0.4) is 0 Å².